The summed E-state index contributed by atoms with van der Waals surface area (Å²) < 4.78 is 6.67. The summed E-state index contributed by atoms with van der Waals surface area (Å²) in [6.07, 6.45) is 3.87. The molecule has 0 saturated carbocycles. The number of aromatic nitrogens is 2. The van der Waals surface area contributed by atoms with E-state index in [1.54, 1.807) is 33.8 Å². The van der Waals surface area contributed by atoms with Crippen LogP contribution in [0.15, 0.2) is 18.5 Å². The molecule has 1 atom stereocenters. The predicted molar refractivity (Wildman–Crippen MR) is 76.7 cm³/mol. The number of hydrogen-bond donors (Lipinski definition) is 0. The molecule has 7 nitrogen and oxygen atoms in total. The molecular weight excluding hydrogens is 272 g/mol. The van der Waals surface area contributed by atoms with E-state index < -0.39 is 0 Å². The Morgan fingerprint density at radius 2 is 1.86 bits per heavy atom. The normalized spacial score (nSPS) is 16.7. The number of carbonyl (C=O) groups is 2. The Hall–Kier alpha value is -2.05. The van der Waals surface area contributed by atoms with E-state index in [1.165, 1.54) is 0 Å². The van der Waals surface area contributed by atoms with Gasteiger partial charge in [-0.3, -0.25) is 9.48 Å². The molecular formula is C14H22N4O3. The Balaban J connectivity index is 1.92. The second kappa shape index (κ2) is 7.10. The minimum atomic E-state index is -0.302. The summed E-state index contributed by atoms with van der Waals surface area (Å²) in [6.45, 7) is 6.23. The van der Waals surface area contributed by atoms with Gasteiger partial charge in [0.1, 0.15) is 6.04 Å². The first-order chi connectivity index (χ1) is 10.2. The van der Waals surface area contributed by atoms with Gasteiger partial charge in [-0.25, -0.2) is 4.79 Å². The van der Waals surface area contributed by atoms with Crippen LogP contribution in [0.3, 0.4) is 0 Å². The van der Waals surface area contributed by atoms with Crippen LogP contribution >= 0.6 is 0 Å². The summed E-state index contributed by atoms with van der Waals surface area (Å²) in [5, 5.41) is 4.16. The maximum Gasteiger partial charge on any atom is 0.409 e. The van der Waals surface area contributed by atoms with Crippen molar-refractivity contribution >= 4 is 12.0 Å². The highest BCUT2D eigenvalue weighted by Crippen LogP contribution is 2.15. The molecule has 1 fully saturated rings. The quantitative estimate of drug-likeness (QED) is 0.835. The molecule has 1 saturated heterocycles. The first kappa shape index (κ1) is 15.3. The molecule has 7 heteroatoms. The first-order valence-electron chi connectivity index (χ1n) is 7.37. The molecule has 2 amide bonds. The van der Waals surface area contributed by atoms with Gasteiger partial charge in [0.2, 0.25) is 5.91 Å². The molecule has 0 bridgehead atoms. The molecule has 0 N–H and O–H groups in total. The van der Waals surface area contributed by atoms with Crippen LogP contribution in [0.1, 0.15) is 26.3 Å². The van der Waals surface area contributed by atoms with Crippen molar-refractivity contribution in [3.8, 4) is 0 Å². The van der Waals surface area contributed by atoms with Crippen LogP contribution in [0, 0.1) is 0 Å². The second-order valence-corrected chi connectivity index (χ2v) is 4.92. The van der Waals surface area contributed by atoms with Crippen molar-refractivity contribution in [3.63, 3.8) is 0 Å². The van der Waals surface area contributed by atoms with Crippen molar-refractivity contribution < 1.29 is 14.3 Å². The van der Waals surface area contributed by atoms with Crippen molar-refractivity contribution in [3.05, 3.63) is 18.5 Å². The fraction of sp³-hybridized carbons (Fsp3) is 0.643. The van der Waals surface area contributed by atoms with E-state index >= 15 is 0 Å². The van der Waals surface area contributed by atoms with Gasteiger partial charge in [-0.2, -0.15) is 5.10 Å². The topological polar surface area (TPSA) is 67.7 Å². The number of ether oxygens (including phenoxy) is 1. The summed E-state index contributed by atoms with van der Waals surface area (Å²) in [4.78, 5) is 27.6. The lowest BCUT2D eigenvalue weighted by Gasteiger charge is -2.35. The van der Waals surface area contributed by atoms with Gasteiger partial charge in [0.25, 0.3) is 0 Å². The number of rotatable bonds is 4. The minimum absolute atomic E-state index is 0.0599. The Kier molecular flexibility index (Phi) is 5.19. The van der Waals surface area contributed by atoms with Crippen LogP contribution < -0.4 is 0 Å². The summed E-state index contributed by atoms with van der Waals surface area (Å²) in [6, 6.07) is 1.54. The molecule has 2 heterocycles. The Bertz CT molecular complexity index is 467. The second-order valence-electron chi connectivity index (χ2n) is 4.92. The van der Waals surface area contributed by atoms with Crippen molar-refractivity contribution in [1.82, 2.24) is 19.6 Å². The standard InChI is InChI=1S/C14H22N4O3/c1-3-12(18-7-5-6-15-18)13(19)16-8-10-17(11-9-16)14(20)21-4-2/h5-7,12H,3-4,8-11H2,1-2H3/t12-/m1/s1. The molecule has 0 aliphatic carbocycles. The van der Waals surface area contributed by atoms with Gasteiger partial charge in [0, 0.05) is 38.6 Å². The van der Waals surface area contributed by atoms with Crippen LogP contribution in [0.25, 0.3) is 0 Å². The van der Waals surface area contributed by atoms with Gasteiger partial charge in [-0.05, 0) is 19.4 Å². The van der Waals surface area contributed by atoms with Crippen LogP contribution in [-0.2, 0) is 9.53 Å². The molecule has 1 aromatic heterocycles. The van der Waals surface area contributed by atoms with Gasteiger partial charge in [0.05, 0.1) is 6.61 Å². The van der Waals surface area contributed by atoms with E-state index in [4.69, 9.17) is 4.74 Å². The third-order valence-corrected chi connectivity index (χ3v) is 3.63. The molecule has 116 valence electrons. The van der Waals surface area contributed by atoms with Gasteiger partial charge in [-0.1, -0.05) is 6.92 Å². The van der Waals surface area contributed by atoms with Crippen molar-refractivity contribution in [1.29, 1.82) is 0 Å². The van der Waals surface area contributed by atoms with Crippen molar-refractivity contribution in [2.75, 3.05) is 32.8 Å². The third-order valence-electron chi connectivity index (χ3n) is 3.63. The van der Waals surface area contributed by atoms with E-state index in [0.29, 0.717) is 39.2 Å². The summed E-state index contributed by atoms with van der Waals surface area (Å²) >= 11 is 0. The van der Waals surface area contributed by atoms with Gasteiger partial charge in [-0.15, -0.1) is 0 Å². The SMILES string of the molecule is CCOC(=O)N1CCN(C(=O)[C@@H](CC)n2cccn2)CC1. The van der Waals surface area contributed by atoms with E-state index in [-0.39, 0.29) is 18.0 Å². The van der Waals surface area contributed by atoms with E-state index in [0.717, 1.165) is 0 Å². The summed E-state index contributed by atoms with van der Waals surface area (Å²) in [5.41, 5.74) is 0. The average Bonchev–Trinajstić information content (AvgIpc) is 3.02. The van der Waals surface area contributed by atoms with E-state index in [9.17, 15) is 9.59 Å². The summed E-state index contributed by atoms with van der Waals surface area (Å²) in [7, 11) is 0. The zero-order valence-electron chi connectivity index (χ0n) is 12.6. The fourth-order valence-electron chi connectivity index (χ4n) is 2.47. The molecule has 0 aromatic carbocycles. The maximum atomic E-state index is 12.6. The van der Waals surface area contributed by atoms with E-state index in [2.05, 4.69) is 5.10 Å². The Morgan fingerprint density at radius 1 is 1.19 bits per heavy atom. The molecule has 0 spiro atoms. The fourth-order valence-corrected chi connectivity index (χ4v) is 2.47. The molecule has 1 aromatic rings. The largest absolute Gasteiger partial charge is 0.450 e. The zero-order valence-corrected chi connectivity index (χ0v) is 12.6. The number of nitrogens with zero attached hydrogens (tertiary/aromatic N) is 4. The van der Waals surface area contributed by atoms with Crippen molar-refractivity contribution in [2.24, 2.45) is 0 Å². The van der Waals surface area contributed by atoms with Gasteiger partial charge in [0.15, 0.2) is 0 Å². The number of piperazine rings is 1. The monoisotopic (exact) mass is 294 g/mol. The number of hydrogen-bond acceptors (Lipinski definition) is 4. The van der Waals surface area contributed by atoms with Gasteiger partial charge >= 0.3 is 6.09 Å². The maximum absolute atomic E-state index is 12.6. The van der Waals surface area contributed by atoms with Gasteiger partial charge < -0.3 is 14.5 Å². The number of amides is 2. The molecule has 0 radical (unpaired) electrons. The molecule has 1 aliphatic rings. The molecule has 2 rings (SSSR count). The highest BCUT2D eigenvalue weighted by molar-refractivity contribution is 5.80. The first-order valence-corrected chi connectivity index (χ1v) is 7.37. The van der Waals surface area contributed by atoms with E-state index in [1.807, 2.05) is 13.0 Å². The molecule has 21 heavy (non-hydrogen) atoms. The zero-order chi connectivity index (χ0) is 15.2. The minimum Gasteiger partial charge on any atom is -0.450 e. The highest BCUT2D eigenvalue weighted by atomic mass is 16.6. The molecule has 0 unspecified atom stereocenters. The average molecular weight is 294 g/mol. The van der Waals surface area contributed by atoms with Crippen LogP contribution in [0.5, 0.6) is 0 Å². The third kappa shape index (κ3) is 3.53. The number of carbonyl (C=O) groups excluding carboxylic acids is 2. The van der Waals surface area contributed by atoms with Crippen LogP contribution in [0.2, 0.25) is 0 Å². The lowest BCUT2D eigenvalue weighted by Crippen LogP contribution is -2.52. The van der Waals surface area contributed by atoms with Crippen molar-refractivity contribution in [2.45, 2.75) is 26.3 Å². The Morgan fingerprint density at radius 3 is 2.38 bits per heavy atom. The summed E-state index contributed by atoms with van der Waals surface area (Å²) in [5.74, 6) is 0.0599. The van der Waals surface area contributed by atoms with Crippen LogP contribution in [-0.4, -0.2) is 64.4 Å². The predicted octanol–water partition coefficient (Wildman–Crippen LogP) is 1.13. The molecule has 1 aliphatic heterocycles. The lowest BCUT2D eigenvalue weighted by atomic mass is 10.2. The lowest BCUT2D eigenvalue weighted by molar-refractivity contribution is -0.136. The van der Waals surface area contributed by atoms with Crippen LogP contribution in [0.4, 0.5) is 4.79 Å². The highest BCUT2D eigenvalue weighted by Gasteiger charge is 2.29. The Labute approximate surface area is 124 Å². The smallest absolute Gasteiger partial charge is 0.409 e.